The van der Waals surface area contributed by atoms with E-state index < -0.39 is 18.2 Å². The fourth-order valence-corrected chi connectivity index (χ4v) is 6.69. The number of nitrogens with one attached hydrogen (secondary N) is 1. The highest BCUT2D eigenvalue weighted by molar-refractivity contribution is 14.1. The number of rotatable bonds is 11. The average Bonchev–Trinajstić information content (AvgIpc) is 3.52. The normalized spacial score (nSPS) is 25.3. The first-order valence-electron chi connectivity index (χ1n) is 14.2. The molecule has 2 fully saturated rings. The summed E-state index contributed by atoms with van der Waals surface area (Å²) in [5.74, 6) is 0.401. The number of ether oxygens (including phenoxy) is 3. The standard InChI is InChI=1S/C29H41IN2O8/c1-38-25-12-19(16-34)11-22(30)27(25)40-24-14-21(28(36)31-8-9-33)13-23(26(24)35)32(15-18-5-3-2-4-6-18)29(37)20-7-10-39-17-20/h11-12,14,18,20,23-24,26,33-35H,2-10,13,15-17H2,1H3,(H,31,36). The fourth-order valence-electron chi connectivity index (χ4n) is 5.90. The Bertz CT molecular complexity index is 1050. The molecule has 1 aromatic carbocycles. The maximum atomic E-state index is 13.9. The second kappa shape index (κ2) is 14.8. The van der Waals surface area contributed by atoms with Crippen molar-refractivity contribution < 1.29 is 39.1 Å². The average molecular weight is 673 g/mol. The van der Waals surface area contributed by atoms with Gasteiger partial charge in [-0.05, 0) is 71.5 Å². The van der Waals surface area contributed by atoms with Crippen LogP contribution in [0.2, 0.25) is 0 Å². The zero-order valence-corrected chi connectivity index (χ0v) is 25.2. The van der Waals surface area contributed by atoms with Gasteiger partial charge in [-0.15, -0.1) is 0 Å². The van der Waals surface area contributed by atoms with Gasteiger partial charge in [0.15, 0.2) is 11.5 Å². The highest BCUT2D eigenvalue weighted by Gasteiger charge is 2.43. The SMILES string of the molecule is COc1cc(CO)cc(I)c1OC1C=C(C(=O)NCCO)CC(N(CC2CCCCC2)C(=O)C2CCOC2)C1O. The second-order valence-electron chi connectivity index (χ2n) is 10.8. The largest absolute Gasteiger partial charge is 0.493 e. The van der Waals surface area contributed by atoms with E-state index in [4.69, 9.17) is 14.2 Å². The Labute approximate surface area is 249 Å². The van der Waals surface area contributed by atoms with Gasteiger partial charge >= 0.3 is 0 Å². The van der Waals surface area contributed by atoms with E-state index in [1.54, 1.807) is 23.1 Å². The van der Waals surface area contributed by atoms with Crippen LogP contribution in [0.15, 0.2) is 23.8 Å². The van der Waals surface area contributed by atoms with Gasteiger partial charge in [-0.25, -0.2) is 0 Å². The molecule has 3 aliphatic rings. The zero-order valence-electron chi connectivity index (χ0n) is 23.0. The topological polar surface area (TPSA) is 138 Å². The van der Waals surface area contributed by atoms with Gasteiger partial charge in [-0.3, -0.25) is 9.59 Å². The minimum Gasteiger partial charge on any atom is -0.493 e. The third-order valence-corrected chi connectivity index (χ3v) is 8.88. The molecule has 0 spiro atoms. The number of halogens is 1. The molecule has 0 aromatic heterocycles. The van der Waals surface area contributed by atoms with Crippen molar-refractivity contribution >= 4 is 34.4 Å². The lowest BCUT2D eigenvalue weighted by atomic mass is 9.84. The number of nitrogens with zero attached hydrogens (tertiary/aromatic N) is 1. The summed E-state index contributed by atoms with van der Waals surface area (Å²) < 4.78 is 18.1. The first-order chi connectivity index (χ1) is 19.4. The van der Waals surface area contributed by atoms with E-state index in [0.29, 0.717) is 58.3 Å². The smallest absolute Gasteiger partial charge is 0.247 e. The third kappa shape index (κ3) is 7.47. The van der Waals surface area contributed by atoms with Gasteiger partial charge in [0.2, 0.25) is 11.8 Å². The summed E-state index contributed by atoms with van der Waals surface area (Å²) in [4.78, 5) is 28.8. The van der Waals surface area contributed by atoms with Gasteiger partial charge in [-0.2, -0.15) is 0 Å². The van der Waals surface area contributed by atoms with E-state index in [0.717, 1.165) is 25.7 Å². The van der Waals surface area contributed by atoms with Gasteiger partial charge in [-0.1, -0.05) is 19.3 Å². The molecular formula is C29H41IN2O8. The Morgan fingerprint density at radius 3 is 2.60 bits per heavy atom. The van der Waals surface area contributed by atoms with Crippen molar-refractivity contribution in [1.82, 2.24) is 10.2 Å². The number of amides is 2. The van der Waals surface area contributed by atoms with Crippen LogP contribution in [0.4, 0.5) is 0 Å². The quantitative estimate of drug-likeness (QED) is 0.263. The molecular weight excluding hydrogens is 631 g/mol. The highest BCUT2D eigenvalue weighted by Crippen LogP contribution is 2.38. The number of hydrogen-bond donors (Lipinski definition) is 4. The van der Waals surface area contributed by atoms with Crippen LogP contribution in [-0.4, -0.2) is 90.3 Å². The molecule has 4 rings (SSSR count). The summed E-state index contributed by atoms with van der Waals surface area (Å²) in [5.41, 5.74) is 1.04. The van der Waals surface area contributed by atoms with Gasteiger partial charge in [0.05, 0.1) is 42.5 Å². The lowest BCUT2D eigenvalue weighted by Gasteiger charge is -2.43. The Morgan fingerprint density at radius 1 is 1.18 bits per heavy atom. The molecule has 4 N–H and O–H groups in total. The molecule has 222 valence electrons. The summed E-state index contributed by atoms with van der Waals surface area (Å²) in [7, 11) is 1.50. The first kappa shape index (κ1) is 31.0. The summed E-state index contributed by atoms with van der Waals surface area (Å²) in [6.07, 6.45) is 5.84. The monoisotopic (exact) mass is 672 g/mol. The van der Waals surface area contributed by atoms with Crippen molar-refractivity contribution in [3.8, 4) is 11.5 Å². The van der Waals surface area contributed by atoms with Gasteiger partial charge in [0.1, 0.15) is 12.2 Å². The van der Waals surface area contributed by atoms with Crippen LogP contribution in [-0.2, 0) is 20.9 Å². The summed E-state index contributed by atoms with van der Waals surface area (Å²) in [5, 5.41) is 33.3. The second-order valence-corrected chi connectivity index (χ2v) is 12.0. The maximum Gasteiger partial charge on any atom is 0.247 e. The molecule has 2 aliphatic carbocycles. The van der Waals surface area contributed by atoms with E-state index in [9.17, 15) is 24.9 Å². The first-order valence-corrected chi connectivity index (χ1v) is 15.2. The van der Waals surface area contributed by atoms with Crippen molar-refractivity contribution in [2.45, 2.75) is 69.8 Å². The number of benzene rings is 1. The Kier molecular flexibility index (Phi) is 11.5. The molecule has 11 heteroatoms. The van der Waals surface area contributed by atoms with Crippen LogP contribution in [0.25, 0.3) is 0 Å². The third-order valence-electron chi connectivity index (χ3n) is 8.08. The minimum absolute atomic E-state index is 0.0534. The van der Waals surface area contributed by atoms with Crippen LogP contribution < -0.4 is 14.8 Å². The number of methoxy groups -OCH3 is 1. The van der Waals surface area contributed by atoms with Crippen LogP contribution in [0, 0.1) is 15.4 Å². The number of aliphatic hydroxyl groups is 3. The van der Waals surface area contributed by atoms with Crippen LogP contribution in [0.1, 0.15) is 50.5 Å². The lowest BCUT2D eigenvalue weighted by molar-refractivity contribution is -0.144. The minimum atomic E-state index is -1.11. The highest BCUT2D eigenvalue weighted by atomic mass is 127. The number of carbonyl (C=O) groups is 2. The number of hydrogen-bond acceptors (Lipinski definition) is 8. The molecule has 10 nitrogen and oxygen atoms in total. The zero-order chi connectivity index (χ0) is 28.6. The molecule has 1 saturated heterocycles. The Hall–Kier alpha value is -1.93. The molecule has 0 radical (unpaired) electrons. The number of aliphatic hydroxyl groups excluding tert-OH is 3. The van der Waals surface area contributed by atoms with Gasteiger partial charge in [0, 0.05) is 31.7 Å². The van der Waals surface area contributed by atoms with E-state index >= 15 is 0 Å². The molecule has 1 aliphatic heterocycles. The van der Waals surface area contributed by atoms with Crippen LogP contribution >= 0.6 is 22.6 Å². The molecule has 4 atom stereocenters. The molecule has 4 unspecified atom stereocenters. The molecule has 2 amide bonds. The van der Waals surface area contributed by atoms with Crippen LogP contribution in [0.3, 0.4) is 0 Å². The maximum absolute atomic E-state index is 13.9. The molecule has 1 heterocycles. The predicted molar refractivity (Wildman–Crippen MR) is 156 cm³/mol. The van der Waals surface area contributed by atoms with Crippen molar-refractivity contribution in [1.29, 1.82) is 0 Å². The Balaban J connectivity index is 1.68. The molecule has 40 heavy (non-hydrogen) atoms. The van der Waals surface area contributed by atoms with Crippen molar-refractivity contribution in [3.63, 3.8) is 0 Å². The molecule has 0 bridgehead atoms. The number of carbonyl (C=O) groups excluding carboxylic acids is 2. The van der Waals surface area contributed by atoms with Crippen molar-refractivity contribution in [2.24, 2.45) is 11.8 Å². The van der Waals surface area contributed by atoms with Crippen molar-refractivity contribution in [3.05, 3.63) is 32.9 Å². The van der Waals surface area contributed by atoms with Crippen molar-refractivity contribution in [2.75, 3.05) is 40.0 Å². The summed E-state index contributed by atoms with van der Waals surface area (Å²) in [6.45, 7) is 1.12. The van der Waals surface area contributed by atoms with E-state index in [1.807, 2.05) is 0 Å². The van der Waals surface area contributed by atoms with Gasteiger partial charge < -0.3 is 39.7 Å². The van der Waals surface area contributed by atoms with Gasteiger partial charge in [0.25, 0.3) is 0 Å². The predicted octanol–water partition coefficient (Wildman–Crippen LogP) is 2.15. The summed E-state index contributed by atoms with van der Waals surface area (Å²) in [6, 6.07) is 2.75. The molecule has 1 saturated carbocycles. The van der Waals surface area contributed by atoms with E-state index in [-0.39, 0.29) is 43.9 Å². The van der Waals surface area contributed by atoms with E-state index in [2.05, 4.69) is 27.9 Å². The van der Waals surface area contributed by atoms with Crippen LogP contribution in [0.5, 0.6) is 11.5 Å². The van der Waals surface area contributed by atoms with E-state index in [1.165, 1.54) is 13.5 Å². The molecule has 1 aromatic rings. The lowest BCUT2D eigenvalue weighted by Crippen LogP contribution is -2.57. The fraction of sp³-hybridized carbons (Fsp3) is 0.655. The summed E-state index contributed by atoms with van der Waals surface area (Å²) >= 11 is 2.09. The Morgan fingerprint density at radius 2 is 1.95 bits per heavy atom.